The van der Waals surface area contributed by atoms with Crippen LogP contribution in [0, 0.1) is 17.5 Å². The van der Waals surface area contributed by atoms with Crippen molar-refractivity contribution in [1.29, 1.82) is 0 Å². The van der Waals surface area contributed by atoms with E-state index in [0.29, 0.717) is 0 Å². The van der Waals surface area contributed by atoms with Crippen LogP contribution in [0.25, 0.3) is 0 Å². The molecule has 0 saturated heterocycles. The highest BCUT2D eigenvalue weighted by atomic mass is 19.2. The topological polar surface area (TPSA) is 38.7 Å². The zero-order chi connectivity index (χ0) is 15.4. The molecule has 21 heavy (non-hydrogen) atoms. The molecular formula is C15H10F3NO2. The fourth-order valence-corrected chi connectivity index (χ4v) is 1.56. The number of halogens is 3. The number of carbonyl (C=O) groups excluding carboxylic acids is 1. The maximum absolute atomic E-state index is 13.3. The normalized spacial score (nSPS) is 11.3. The second-order valence-corrected chi connectivity index (χ2v) is 4.16. The predicted molar refractivity (Wildman–Crippen MR) is 70.4 cm³/mol. The highest BCUT2D eigenvalue weighted by Gasteiger charge is 2.13. The van der Waals surface area contributed by atoms with Gasteiger partial charge in [0.1, 0.15) is 5.82 Å². The Labute approximate surface area is 118 Å². The number of hydrogen-bond donors (Lipinski definition) is 0. The molecule has 0 atom stereocenters. The average molecular weight is 293 g/mol. The summed E-state index contributed by atoms with van der Waals surface area (Å²) in [6.45, 7) is 1.45. The average Bonchev–Trinajstić information content (AvgIpc) is 2.47. The fourth-order valence-electron chi connectivity index (χ4n) is 1.56. The molecule has 0 bridgehead atoms. The van der Waals surface area contributed by atoms with Gasteiger partial charge in [-0.2, -0.15) is 0 Å². The number of oxime groups is 1. The summed E-state index contributed by atoms with van der Waals surface area (Å²) in [5.74, 6) is -3.74. The fraction of sp³-hybridized carbons (Fsp3) is 0.0667. The lowest BCUT2D eigenvalue weighted by atomic mass is 10.1. The van der Waals surface area contributed by atoms with Crippen LogP contribution in [0.15, 0.2) is 47.6 Å². The van der Waals surface area contributed by atoms with Crippen molar-refractivity contribution < 1.29 is 22.8 Å². The van der Waals surface area contributed by atoms with E-state index in [1.165, 1.54) is 31.2 Å². The van der Waals surface area contributed by atoms with E-state index in [1.807, 2.05) is 0 Å². The Balaban J connectivity index is 2.15. The van der Waals surface area contributed by atoms with Gasteiger partial charge in [0, 0.05) is 5.56 Å². The Hall–Kier alpha value is -2.63. The first kappa shape index (κ1) is 14.8. The van der Waals surface area contributed by atoms with Crippen LogP contribution in [0.4, 0.5) is 13.2 Å². The molecule has 3 nitrogen and oxygen atoms in total. The van der Waals surface area contributed by atoms with Crippen LogP contribution in [-0.4, -0.2) is 11.7 Å². The largest absolute Gasteiger partial charge is 0.368 e. The van der Waals surface area contributed by atoms with Gasteiger partial charge in [0.2, 0.25) is 0 Å². The van der Waals surface area contributed by atoms with Gasteiger partial charge in [-0.3, -0.25) is 0 Å². The Morgan fingerprint density at radius 1 is 1.00 bits per heavy atom. The summed E-state index contributed by atoms with van der Waals surface area (Å²) in [6.07, 6.45) is 0. The molecule has 108 valence electrons. The molecule has 0 aliphatic rings. The third-order valence-corrected chi connectivity index (χ3v) is 2.70. The number of nitrogens with zero attached hydrogens (tertiary/aromatic N) is 1. The van der Waals surface area contributed by atoms with E-state index >= 15 is 0 Å². The smallest absolute Gasteiger partial charge is 0.312 e. The monoisotopic (exact) mass is 293 g/mol. The third kappa shape index (κ3) is 3.47. The maximum atomic E-state index is 13.3. The van der Waals surface area contributed by atoms with Gasteiger partial charge in [0.25, 0.3) is 0 Å². The summed E-state index contributed by atoms with van der Waals surface area (Å²) in [7, 11) is 0. The molecule has 0 aliphatic carbocycles. The number of carbonyl (C=O) groups is 1. The van der Waals surface area contributed by atoms with Crippen LogP contribution in [0.2, 0.25) is 0 Å². The molecule has 2 aromatic rings. The molecule has 6 heteroatoms. The Kier molecular flexibility index (Phi) is 4.37. The van der Waals surface area contributed by atoms with E-state index in [2.05, 4.69) is 9.99 Å². The van der Waals surface area contributed by atoms with Gasteiger partial charge < -0.3 is 4.84 Å². The van der Waals surface area contributed by atoms with Gasteiger partial charge in [-0.15, -0.1) is 0 Å². The van der Waals surface area contributed by atoms with Gasteiger partial charge in [-0.25, -0.2) is 18.0 Å². The molecular weight excluding hydrogens is 283 g/mol. The van der Waals surface area contributed by atoms with Crippen LogP contribution in [0.1, 0.15) is 22.8 Å². The summed E-state index contributed by atoms with van der Waals surface area (Å²) >= 11 is 0. The molecule has 2 aromatic carbocycles. The highest BCUT2D eigenvalue weighted by molar-refractivity contribution is 5.99. The Morgan fingerprint density at radius 3 is 2.38 bits per heavy atom. The minimum absolute atomic E-state index is 0.151. The summed E-state index contributed by atoms with van der Waals surface area (Å²) in [6, 6.07) is 8.41. The first-order chi connectivity index (χ1) is 9.99. The maximum Gasteiger partial charge on any atom is 0.368 e. The van der Waals surface area contributed by atoms with Crippen LogP contribution in [0.5, 0.6) is 0 Å². The van der Waals surface area contributed by atoms with Crippen molar-refractivity contribution in [1.82, 2.24) is 0 Å². The lowest BCUT2D eigenvalue weighted by molar-refractivity contribution is 0.0511. The van der Waals surface area contributed by atoms with Gasteiger partial charge in [-0.05, 0) is 37.3 Å². The van der Waals surface area contributed by atoms with E-state index < -0.39 is 23.4 Å². The molecule has 0 aromatic heterocycles. The molecule has 0 saturated carbocycles. The second kappa shape index (κ2) is 6.21. The van der Waals surface area contributed by atoms with Gasteiger partial charge >= 0.3 is 5.97 Å². The minimum atomic E-state index is -1.04. The minimum Gasteiger partial charge on any atom is -0.312 e. The Bertz CT molecular complexity index is 714. The number of benzene rings is 2. The number of hydrogen-bond acceptors (Lipinski definition) is 3. The Morgan fingerprint density at radius 2 is 1.71 bits per heavy atom. The van der Waals surface area contributed by atoms with Crippen molar-refractivity contribution in [3.8, 4) is 0 Å². The summed E-state index contributed by atoms with van der Waals surface area (Å²) in [4.78, 5) is 16.2. The molecule has 2 rings (SSSR count). The molecule has 0 radical (unpaired) electrons. The van der Waals surface area contributed by atoms with Gasteiger partial charge in [-0.1, -0.05) is 17.3 Å². The zero-order valence-corrected chi connectivity index (χ0v) is 10.9. The summed E-state index contributed by atoms with van der Waals surface area (Å²) in [5.41, 5.74) is 0.133. The van der Waals surface area contributed by atoms with Crippen molar-refractivity contribution in [2.75, 3.05) is 0 Å². The van der Waals surface area contributed by atoms with Crippen molar-refractivity contribution in [3.05, 3.63) is 71.0 Å². The molecule has 0 unspecified atom stereocenters. The van der Waals surface area contributed by atoms with E-state index in [0.717, 1.165) is 18.2 Å². The first-order valence-electron chi connectivity index (χ1n) is 5.95. The zero-order valence-electron chi connectivity index (χ0n) is 10.9. The standard InChI is InChI=1S/C15H10F3NO2/c1-9(10-6-7-13(17)14(18)8-10)19-21-15(20)11-4-2-3-5-12(11)16/h2-8H,1H3. The summed E-state index contributed by atoms with van der Waals surface area (Å²) in [5, 5.41) is 3.49. The molecule has 0 heterocycles. The van der Waals surface area contributed by atoms with Crippen molar-refractivity contribution in [3.63, 3.8) is 0 Å². The van der Waals surface area contributed by atoms with E-state index in [4.69, 9.17) is 0 Å². The van der Waals surface area contributed by atoms with Crippen LogP contribution >= 0.6 is 0 Å². The molecule has 0 amide bonds. The quantitative estimate of drug-likeness (QED) is 0.492. The first-order valence-corrected chi connectivity index (χ1v) is 5.95. The molecule has 0 N–H and O–H groups in total. The third-order valence-electron chi connectivity index (χ3n) is 2.70. The van der Waals surface area contributed by atoms with Crippen LogP contribution < -0.4 is 0 Å². The predicted octanol–water partition coefficient (Wildman–Crippen LogP) is 3.68. The number of rotatable bonds is 3. The van der Waals surface area contributed by atoms with Crippen LogP contribution in [0.3, 0.4) is 0 Å². The SMILES string of the molecule is CC(=NOC(=O)c1ccccc1F)c1ccc(F)c(F)c1. The lowest BCUT2D eigenvalue weighted by Crippen LogP contribution is -2.06. The summed E-state index contributed by atoms with van der Waals surface area (Å²) < 4.78 is 39.2. The second-order valence-electron chi connectivity index (χ2n) is 4.16. The van der Waals surface area contributed by atoms with Crippen molar-refractivity contribution >= 4 is 11.7 Å². The molecule has 0 spiro atoms. The van der Waals surface area contributed by atoms with E-state index in [-0.39, 0.29) is 16.8 Å². The molecule has 0 aliphatic heterocycles. The van der Waals surface area contributed by atoms with Crippen LogP contribution in [-0.2, 0) is 4.84 Å². The van der Waals surface area contributed by atoms with Gasteiger partial charge in [0.05, 0.1) is 11.3 Å². The van der Waals surface area contributed by atoms with Gasteiger partial charge in [0.15, 0.2) is 11.6 Å². The van der Waals surface area contributed by atoms with E-state index in [1.54, 1.807) is 0 Å². The lowest BCUT2D eigenvalue weighted by Gasteiger charge is -2.03. The highest BCUT2D eigenvalue weighted by Crippen LogP contribution is 2.11. The van der Waals surface area contributed by atoms with E-state index in [9.17, 15) is 18.0 Å². The van der Waals surface area contributed by atoms with Crippen molar-refractivity contribution in [2.24, 2.45) is 5.16 Å². The van der Waals surface area contributed by atoms with Crippen molar-refractivity contribution in [2.45, 2.75) is 6.92 Å². The molecule has 0 fully saturated rings.